The number of ether oxygens (including phenoxy) is 2. The zero-order valence-electron chi connectivity index (χ0n) is 15.0. The number of benzene rings is 1. The van der Waals surface area contributed by atoms with Crippen LogP contribution in [0.3, 0.4) is 0 Å². The first kappa shape index (κ1) is 19.9. The average molecular weight is 428 g/mol. The summed E-state index contributed by atoms with van der Waals surface area (Å²) >= 11 is 10.0. The molecule has 1 atom stereocenters. The van der Waals surface area contributed by atoms with Crippen LogP contribution in [0.5, 0.6) is 11.5 Å². The van der Waals surface area contributed by atoms with Crippen molar-refractivity contribution in [1.82, 2.24) is 4.98 Å². The molecule has 1 N–H and O–H groups in total. The second-order valence-electron chi connectivity index (χ2n) is 5.70. The van der Waals surface area contributed by atoms with Crippen molar-refractivity contribution in [2.24, 2.45) is 0 Å². The van der Waals surface area contributed by atoms with Crippen molar-refractivity contribution in [2.45, 2.75) is 39.2 Å². The van der Waals surface area contributed by atoms with E-state index in [1.807, 2.05) is 25.2 Å². The summed E-state index contributed by atoms with van der Waals surface area (Å²) in [7, 11) is 3.45. The number of rotatable bonds is 8. The van der Waals surface area contributed by atoms with E-state index in [1.165, 1.54) is 0 Å². The van der Waals surface area contributed by atoms with Crippen molar-refractivity contribution in [2.75, 3.05) is 19.5 Å². The fraction of sp³-hybridized carbons (Fsp3) is 0.421. The van der Waals surface area contributed by atoms with E-state index in [-0.39, 0.29) is 6.10 Å². The molecule has 0 aliphatic carbocycles. The highest BCUT2D eigenvalue weighted by molar-refractivity contribution is 9.10. The number of hydrogen-bond donors (Lipinski definition) is 1. The Bertz CT molecular complexity index is 725. The van der Waals surface area contributed by atoms with Crippen molar-refractivity contribution in [3.05, 3.63) is 33.8 Å². The summed E-state index contributed by atoms with van der Waals surface area (Å²) in [5.41, 5.74) is 1.59. The van der Waals surface area contributed by atoms with E-state index in [9.17, 15) is 0 Å². The van der Waals surface area contributed by atoms with Gasteiger partial charge in [0.2, 0.25) is 0 Å². The van der Waals surface area contributed by atoms with Gasteiger partial charge in [0.1, 0.15) is 5.75 Å². The molecule has 0 saturated heterocycles. The first-order chi connectivity index (χ1) is 12.0. The molecule has 6 heteroatoms. The molecular weight excluding hydrogens is 404 g/mol. The van der Waals surface area contributed by atoms with E-state index in [0.717, 1.165) is 40.7 Å². The molecule has 0 aliphatic heterocycles. The lowest BCUT2D eigenvalue weighted by Gasteiger charge is -2.20. The largest absolute Gasteiger partial charge is 0.497 e. The topological polar surface area (TPSA) is 43.4 Å². The summed E-state index contributed by atoms with van der Waals surface area (Å²) < 4.78 is 12.2. The van der Waals surface area contributed by atoms with E-state index >= 15 is 0 Å². The maximum atomic E-state index is 6.41. The van der Waals surface area contributed by atoms with Crippen molar-refractivity contribution in [3.63, 3.8) is 0 Å². The third kappa shape index (κ3) is 4.79. The lowest BCUT2D eigenvalue weighted by atomic mass is 10.1. The predicted molar refractivity (Wildman–Crippen MR) is 108 cm³/mol. The van der Waals surface area contributed by atoms with Gasteiger partial charge in [-0.05, 0) is 47.0 Å². The highest BCUT2D eigenvalue weighted by Gasteiger charge is 2.17. The van der Waals surface area contributed by atoms with E-state index in [1.54, 1.807) is 13.2 Å². The minimum Gasteiger partial charge on any atom is -0.497 e. The molecule has 0 spiro atoms. The number of nitrogens with zero attached hydrogens (tertiary/aromatic N) is 1. The van der Waals surface area contributed by atoms with Crippen LogP contribution in [0.25, 0.3) is 11.3 Å². The molecule has 4 nitrogen and oxygen atoms in total. The number of aromatic nitrogens is 1. The van der Waals surface area contributed by atoms with Gasteiger partial charge in [0, 0.05) is 23.2 Å². The van der Waals surface area contributed by atoms with Gasteiger partial charge in [0.05, 0.1) is 23.9 Å². The highest BCUT2D eigenvalue weighted by Crippen LogP contribution is 2.38. The van der Waals surface area contributed by atoms with Gasteiger partial charge >= 0.3 is 0 Å². The Morgan fingerprint density at radius 2 is 2.04 bits per heavy atom. The molecule has 0 bridgehead atoms. The Morgan fingerprint density at radius 3 is 2.60 bits per heavy atom. The van der Waals surface area contributed by atoms with Crippen LogP contribution in [0.1, 0.15) is 33.1 Å². The maximum Gasteiger partial charge on any atom is 0.169 e. The molecule has 1 heterocycles. The van der Waals surface area contributed by atoms with Crippen LogP contribution in [0.4, 0.5) is 5.82 Å². The molecule has 136 valence electrons. The van der Waals surface area contributed by atoms with E-state index < -0.39 is 0 Å². The van der Waals surface area contributed by atoms with Gasteiger partial charge in [-0.25, -0.2) is 4.98 Å². The molecule has 1 unspecified atom stereocenters. The summed E-state index contributed by atoms with van der Waals surface area (Å²) in [4.78, 5) is 4.72. The summed E-state index contributed by atoms with van der Waals surface area (Å²) in [6.07, 6.45) is 3.24. The Hall–Kier alpha value is -1.46. The van der Waals surface area contributed by atoms with Gasteiger partial charge in [-0.15, -0.1) is 0 Å². The van der Waals surface area contributed by atoms with Crippen molar-refractivity contribution in [3.8, 4) is 22.8 Å². The van der Waals surface area contributed by atoms with Crippen molar-refractivity contribution in [1.29, 1.82) is 0 Å². The molecule has 2 rings (SSSR count). The number of halogens is 2. The Morgan fingerprint density at radius 1 is 1.28 bits per heavy atom. The van der Waals surface area contributed by atoms with Gasteiger partial charge < -0.3 is 14.8 Å². The summed E-state index contributed by atoms with van der Waals surface area (Å²) in [6.45, 7) is 4.29. The van der Waals surface area contributed by atoms with Gasteiger partial charge in [-0.2, -0.15) is 0 Å². The Kier molecular flexibility index (Phi) is 7.38. The smallest absolute Gasteiger partial charge is 0.169 e. The van der Waals surface area contributed by atoms with Crippen LogP contribution in [-0.2, 0) is 0 Å². The third-order valence-corrected chi connectivity index (χ3v) is 4.89. The van der Waals surface area contributed by atoms with Gasteiger partial charge in [0.15, 0.2) is 11.6 Å². The molecule has 1 aromatic heterocycles. The van der Waals surface area contributed by atoms with Crippen LogP contribution >= 0.6 is 27.5 Å². The molecule has 25 heavy (non-hydrogen) atoms. The van der Waals surface area contributed by atoms with Gasteiger partial charge in [-0.3, -0.25) is 0 Å². The van der Waals surface area contributed by atoms with E-state index in [4.69, 9.17) is 26.1 Å². The number of nitrogens with one attached hydrogen (secondary N) is 1. The first-order valence-corrected chi connectivity index (χ1v) is 9.59. The fourth-order valence-electron chi connectivity index (χ4n) is 2.59. The molecule has 0 amide bonds. The standard InChI is InChI=1S/C19H24BrClN2O2/c1-5-7-12(6-2)25-17-11-15(20)18(23-19(17)22-3)14-9-8-13(24-4)10-16(14)21/h8-12H,5-7H2,1-4H3,(H,22,23). The van der Waals surface area contributed by atoms with Crippen LogP contribution in [0.2, 0.25) is 5.02 Å². The van der Waals surface area contributed by atoms with Gasteiger partial charge in [0.25, 0.3) is 0 Å². The van der Waals surface area contributed by atoms with Gasteiger partial charge in [-0.1, -0.05) is 31.9 Å². The number of hydrogen-bond acceptors (Lipinski definition) is 4. The molecular formula is C19H24BrClN2O2. The molecule has 0 saturated carbocycles. The minimum atomic E-state index is 0.182. The maximum absolute atomic E-state index is 6.41. The number of anilines is 1. The van der Waals surface area contributed by atoms with E-state index in [2.05, 4.69) is 35.1 Å². The van der Waals surface area contributed by atoms with Crippen LogP contribution < -0.4 is 14.8 Å². The Balaban J connectivity index is 2.42. The summed E-state index contributed by atoms with van der Waals surface area (Å²) in [5, 5.41) is 3.71. The highest BCUT2D eigenvalue weighted by atomic mass is 79.9. The molecule has 0 radical (unpaired) electrons. The molecule has 0 aliphatic rings. The first-order valence-electron chi connectivity index (χ1n) is 8.42. The minimum absolute atomic E-state index is 0.182. The normalized spacial score (nSPS) is 11.9. The Labute approximate surface area is 163 Å². The van der Waals surface area contributed by atoms with Crippen molar-refractivity contribution >= 4 is 33.3 Å². The van der Waals surface area contributed by atoms with Crippen LogP contribution in [0, 0.1) is 0 Å². The fourth-order valence-corrected chi connectivity index (χ4v) is 3.36. The summed E-state index contributed by atoms with van der Waals surface area (Å²) in [6, 6.07) is 7.50. The average Bonchev–Trinajstić information content (AvgIpc) is 2.61. The summed E-state index contributed by atoms with van der Waals surface area (Å²) in [5.74, 6) is 2.15. The lowest BCUT2D eigenvalue weighted by molar-refractivity contribution is 0.186. The number of methoxy groups -OCH3 is 1. The lowest BCUT2D eigenvalue weighted by Crippen LogP contribution is -2.16. The second kappa shape index (κ2) is 9.30. The monoisotopic (exact) mass is 426 g/mol. The SMILES string of the molecule is CCCC(CC)Oc1cc(Br)c(-c2ccc(OC)cc2Cl)nc1NC. The number of pyridine rings is 1. The molecule has 2 aromatic rings. The molecule has 0 fully saturated rings. The quantitative estimate of drug-likeness (QED) is 0.547. The van der Waals surface area contributed by atoms with E-state index in [0.29, 0.717) is 16.6 Å². The van der Waals surface area contributed by atoms with Crippen LogP contribution in [0.15, 0.2) is 28.7 Å². The third-order valence-electron chi connectivity index (χ3n) is 3.97. The predicted octanol–water partition coefficient (Wildman–Crippen LogP) is 6.17. The van der Waals surface area contributed by atoms with Crippen molar-refractivity contribution < 1.29 is 9.47 Å². The zero-order chi connectivity index (χ0) is 18.4. The van der Waals surface area contributed by atoms with Crippen LogP contribution in [-0.4, -0.2) is 25.2 Å². The zero-order valence-corrected chi connectivity index (χ0v) is 17.4. The second-order valence-corrected chi connectivity index (χ2v) is 6.96. The molecule has 1 aromatic carbocycles.